The van der Waals surface area contributed by atoms with Gasteiger partial charge in [0, 0.05) is 0 Å². The minimum atomic E-state index is -0.537. The molecule has 3 heteroatoms. The normalized spacial score (nSPS) is 13.0. The van der Waals surface area contributed by atoms with Gasteiger partial charge in [-0.3, -0.25) is 4.79 Å². The van der Waals surface area contributed by atoms with Crippen LogP contribution in [-0.2, 0) is 9.53 Å². The van der Waals surface area contributed by atoms with Crippen LogP contribution in [0.15, 0.2) is 0 Å². The third kappa shape index (κ3) is 7.78. The van der Waals surface area contributed by atoms with Crippen LogP contribution in [0.4, 0.5) is 0 Å². The maximum Gasteiger partial charge on any atom is 0.308 e. The third-order valence-corrected chi connectivity index (χ3v) is 1.60. The van der Waals surface area contributed by atoms with Gasteiger partial charge in [-0.2, -0.15) is 0 Å². The summed E-state index contributed by atoms with van der Waals surface area (Å²) < 4.78 is 4.92. The van der Waals surface area contributed by atoms with Crippen molar-refractivity contribution in [3.05, 3.63) is 0 Å². The number of ether oxygens (including phenoxy) is 1. The van der Waals surface area contributed by atoms with Crippen LogP contribution in [-0.4, -0.2) is 23.8 Å². The molecule has 0 aromatic heterocycles. The fourth-order valence-corrected chi connectivity index (χ4v) is 0.946. The molecule has 0 aliphatic carbocycles. The van der Waals surface area contributed by atoms with Crippen molar-refractivity contribution in [2.24, 2.45) is 5.92 Å². The van der Waals surface area contributed by atoms with Gasteiger partial charge in [-0.1, -0.05) is 27.2 Å². The SMILES string of the molecule is CCCC(O)CC(=O)OCC(C)C. The largest absolute Gasteiger partial charge is 0.465 e. The first kappa shape index (κ1) is 12.4. The zero-order valence-corrected chi connectivity index (χ0v) is 8.75. The van der Waals surface area contributed by atoms with E-state index in [0.29, 0.717) is 18.9 Å². The molecule has 1 atom stereocenters. The molecule has 13 heavy (non-hydrogen) atoms. The molecule has 0 saturated heterocycles. The van der Waals surface area contributed by atoms with Gasteiger partial charge in [0.25, 0.3) is 0 Å². The Bertz CT molecular complexity index is 143. The minimum Gasteiger partial charge on any atom is -0.465 e. The summed E-state index contributed by atoms with van der Waals surface area (Å²) >= 11 is 0. The molecule has 0 spiro atoms. The van der Waals surface area contributed by atoms with Crippen molar-refractivity contribution in [3.63, 3.8) is 0 Å². The molecule has 0 aromatic rings. The molecule has 0 rings (SSSR count). The number of hydrogen-bond acceptors (Lipinski definition) is 3. The average molecular weight is 188 g/mol. The van der Waals surface area contributed by atoms with Gasteiger partial charge in [-0.25, -0.2) is 0 Å². The van der Waals surface area contributed by atoms with Crippen molar-refractivity contribution in [2.75, 3.05) is 6.61 Å². The lowest BCUT2D eigenvalue weighted by atomic mass is 10.1. The molecule has 0 saturated carbocycles. The highest BCUT2D eigenvalue weighted by Crippen LogP contribution is 2.03. The molecule has 0 aromatic carbocycles. The highest BCUT2D eigenvalue weighted by atomic mass is 16.5. The van der Waals surface area contributed by atoms with Crippen LogP contribution >= 0.6 is 0 Å². The second-order valence-electron chi connectivity index (χ2n) is 3.72. The number of hydrogen-bond donors (Lipinski definition) is 1. The molecule has 0 amide bonds. The Kier molecular flexibility index (Phi) is 6.59. The number of carbonyl (C=O) groups is 1. The van der Waals surface area contributed by atoms with Crippen LogP contribution in [0, 0.1) is 5.92 Å². The van der Waals surface area contributed by atoms with Crippen LogP contribution < -0.4 is 0 Å². The molecule has 1 N–H and O–H groups in total. The minimum absolute atomic E-state index is 0.126. The predicted octanol–water partition coefficient (Wildman–Crippen LogP) is 1.74. The van der Waals surface area contributed by atoms with Crippen LogP contribution in [0.5, 0.6) is 0 Å². The van der Waals surface area contributed by atoms with Gasteiger partial charge in [0.1, 0.15) is 0 Å². The van der Waals surface area contributed by atoms with E-state index in [9.17, 15) is 9.90 Å². The molecule has 0 radical (unpaired) electrons. The first-order valence-electron chi connectivity index (χ1n) is 4.90. The van der Waals surface area contributed by atoms with E-state index in [1.807, 2.05) is 20.8 Å². The van der Waals surface area contributed by atoms with Gasteiger partial charge in [-0.15, -0.1) is 0 Å². The van der Waals surface area contributed by atoms with E-state index in [1.54, 1.807) is 0 Å². The van der Waals surface area contributed by atoms with Gasteiger partial charge in [0.05, 0.1) is 19.1 Å². The molecule has 3 nitrogen and oxygen atoms in total. The van der Waals surface area contributed by atoms with E-state index >= 15 is 0 Å². The molecular formula is C10H20O3. The summed E-state index contributed by atoms with van der Waals surface area (Å²) in [6.07, 6.45) is 1.14. The fraction of sp³-hybridized carbons (Fsp3) is 0.900. The smallest absolute Gasteiger partial charge is 0.308 e. The van der Waals surface area contributed by atoms with E-state index in [2.05, 4.69) is 0 Å². The fourth-order valence-electron chi connectivity index (χ4n) is 0.946. The number of aliphatic hydroxyl groups excluding tert-OH is 1. The molecular weight excluding hydrogens is 168 g/mol. The van der Waals surface area contributed by atoms with Crippen molar-refractivity contribution in [1.29, 1.82) is 0 Å². The van der Waals surface area contributed by atoms with Gasteiger partial charge in [0.2, 0.25) is 0 Å². The zero-order chi connectivity index (χ0) is 10.3. The summed E-state index contributed by atoms with van der Waals surface area (Å²) in [5, 5.41) is 9.28. The van der Waals surface area contributed by atoms with Crippen LogP contribution in [0.25, 0.3) is 0 Å². The van der Waals surface area contributed by atoms with E-state index in [4.69, 9.17) is 4.74 Å². The molecule has 0 fully saturated rings. The summed E-state index contributed by atoms with van der Waals surface area (Å²) in [6.45, 7) is 6.38. The first-order chi connectivity index (χ1) is 6.06. The van der Waals surface area contributed by atoms with Crippen LogP contribution in [0.2, 0.25) is 0 Å². The Balaban J connectivity index is 3.50. The van der Waals surface area contributed by atoms with Crippen LogP contribution in [0.1, 0.15) is 40.0 Å². The van der Waals surface area contributed by atoms with Crippen LogP contribution in [0.3, 0.4) is 0 Å². The van der Waals surface area contributed by atoms with E-state index in [0.717, 1.165) is 6.42 Å². The summed E-state index contributed by atoms with van der Waals surface area (Å²) in [4.78, 5) is 11.1. The quantitative estimate of drug-likeness (QED) is 0.646. The Morgan fingerprint density at radius 3 is 2.54 bits per heavy atom. The maximum atomic E-state index is 11.1. The van der Waals surface area contributed by atoms with E-state index in [-0.39, 0.29) is 12.4 Å². The number of esters is 1. The topological polar surface area (TPSA) is 46.5 Å². The molecule has 0 aliphatic heterocycles. The van der Waals surface area contributed by atoms with E-state index in [1.165, 1.54) is 0 Å². The molecule has 1 unspecified atom stereocenters. The Morgan fingerprint density at radius 2 is 2.08 bits per heavy atom. The average Bonchev–Trinajstić information content (AvgIpc) is 2.01. The predicted molar refractivity (Wildman–Crippen MR) is 51.3 cm³/mol. The van der Waals surface area contributed by atoms with Crippen molar-refractivity contribution < 1.29 is 14.6 Å². The van der Waals surface area contributed by atoms with E-state index < -0.39 is 6.10 Å². The van der Waals surface area contributed by atoms with Crippen molar-refractivity contribution in [2.45, 2.75) is 46.1 Å². The van der Waals surface area contributed by atoms with Crippen molar-refractivity contribution in [3.8, 4) is 0 Å². The number of aliphatic hydroxyl groups is 1. The monoisotopic (exact) mass is 188 g/mol. The van der Waals surface area contributed by atoms with Gasteiger partial charge in [0.15, 0.2) is 0 Å². The third-order valence-electron chi connectivity index (χ3n) is 1.60. The Labute approximate surface area is 80.1 Å². The lowest BCUT2D eigenvalue weighted by molar-refractivity contribution is -0.147. The molecule has 0 heterocycles. The summed E-state index contributed by atoms with van der Waals surface area (Å²) in [6, 6.07) is 0. The molecule has 0 bridgehead atoms. The lowest BCUT2D eigenvalue weighted by Crippen LogP contribution is -2.17. The number of carbonyl (C=O) groups excluding carboxylic acids is 1. The summed E-state index contributed by atoms with van der Waals surface area (Å²) in [5.41, 5.74) is 0. The van der Waals surface area contributed by atoms with Gasteiger partial charge < -0.3 is 9.84 Å². The molecule has 0 aliphatic rings. The van der Waals surface area contributed by atoms with Crippen molar-refractivity contribution >= 4 is 5.97 Å². The van der Waals surface area contributed by atoms with Crippen molar-refractivity contribution in [1.82, 2.24) is 0 Å². The second kappa shape index (κ2) is 6.89. The lowest BCUT2D eigenvalue weighted by Gasteiger charge is -2.10. The second-order valence-corrected chi connectivity index (χ2v) is 3.72. The summed E-state index contributed by atoms with van der Waals surface area (Å²) in [5.74, 6) is 0.0573. The number of rotatable bonds is 6. The first-order valence-corrected chi connectivity index (χ1v) is 4.90. The highest BCUT2D eigenvalue weighted by molar-refractivity contribution is 5.69. The van der Waals surface area contributed by atoms with Gasteiger partial charge in [-0.05, 0) is 12.3 Å². The Morgan fingerprint density at radius 1 is 1.46 bits per heavy atom. The van der Waals surface area contributed by atoms with Gasteiger partial charge >= 0.3 is 5.97 Å². The highest BCUT2D eigenvalue weighted by Gasteiger charge is 2.11. The molecule has 78 valence electrons. The standard InChI is InChI=1S/C10H20O3/c1-4-5-9(11)6-10(12)13-7-8(2)3/h8-9,11H,4-7H2,1-3H3. The maximum absolute atomic E-state index is 11.1. The Hall–Kier alpha value is -0.570. The zero-order valence-electron chi connectivity index (χ0n) is 8.75. The summed E-state index contributed by atoms with van der Waals surface area (Å²) in [7, 11) is 0.